The average Bonchev–Trinajstić information content (AvgIpc) is 2.91. The van der Waals surface area contributed by atoms with E-state index in [4.69, 9.17) is 0 Å². The fraction of sp³-hybridized carbons (Fsp3) is 0.438. The monoisotopic (exact) mass is 347 g/mol. The third kappa shape index (κ3) is 4.41. The van der Waals surface area contributed by atoms with Gasteiger partial charge in [0.05, 0.1) is 5.25 Å². The van der Waals surface area contributed by atoms with Crippen LogP contribution in [-0.4, -0.2) is 37.1 Å². The number of aryl methyl sites for hydroxylation is 1. The van der Waals surface area contributed by atoms with Crippen molar-refractivity contribution < 1.29 is 9.59 Å². The maximum Gasteiger partial charge on any atom is 0.229 e. The van der Waals surface area contributed by atoms with Crippen molar-refractivity contribution in [1.29, 1.82) is 0 Å². The van der Waals surface area contributed by atoms with Gasteiger partial charge in [0.1, 0.15) is 0 Å². The zero-order chi connectivity index (χ0) is 17.9. The Hall–Kier alpha value is -2.22. The first-order chi connectivity index (χ1) is 11.2. The van der Waals surface area contributed by atoms with E-state index in [2.05, 4.69) is 20.8 Å². The number of hydrogen-bond acceptors (Lipinski definition) is 6. The van der Waals surface area contributed by atoms with E-state index < -0.39 is 5.41 Å². The smallest absolute Gasteiger partial charge is 0.229 e. The van der Waals surface area contributed by atoms with Crippen LogP contribution in [0.1, 0.15) is 38.1 Å². The maximum absolute atomic E-state index is 12.5. The molecule has 0 saturated heterocycles. The molecule has 0 saturated carbocycles. The summed E-state index contributed by atoms with van der Waals surface area (Å²) in [5, 5.41) is 14.3. The third-order valence-electron chi connectivity index (χ3n) is 3.34. The van der Waals surface area contributed by atoms with E-state index in [0.717, 1.165) is 0 Å². The lowest BCUT2D eigenvalue weighted by Gasteiger charge is -2.17. The molecule has 1 amide bonds. The van der Waals surface area contributed by atoms with Crippen LogP contribution < -0.4 is 5.32 Å². The van der Waals surface area contributed by atoms with Crippen LogP contribution in [0.15, 0.2) is 29.4 Å². The molecule has 24 heavy (non-hydrogen) atoms. The number of nitrogens with zero attached hydrogens (tertiary/aromatic N) is 4. The van der Waals surface area contributed by atoms with Crippen molar-refractivity contribution in [3.63, 3.8) is 0 Å². The number of carbonyl (C=O) groups excluding carboxylic acids is 2. The topological polar surface area (TPSA) is 89.8 Å². The Kier molecular flexibility index (Phi) is 5.38. The number of amides is 1. The molecule has 2 rings (SSSR count). The molecular weight excluding hydrogens is 326 g/mol. The Balaban J connectivity index is 2.03. The number of benzene rings is 1. The number of carbonyl (C=O) groups is 2. The molecule has 0 spiro atoms. The Bertz CT molecular complexity index is 734. The van der Waals surface area contributed by atoms with E-state index in [0.29, 0.717) is 16.4 Å². The number of hydrogen-bond donors (Lipinski definition) is 1. The number of rotatable bonds is 5. The first-order valence-electron chi connectivity index (χ1n) is 7.53. The number of ketones is 1. The quantitative estimate of drug-likeness (QED) is 0.660. The highest BCUT2D eigenvalue weighted by molar-refractivity contribution is 8.00. The second-order valence-electron chi connectivity index (χ2n) is 6.49. The molecule has 0 unspecified atom stereocenters. The minimum absolute atomic E-state index is 0.0169. The minimum Gasteiger partial charge on any atom is -0.326 e. The highest BCUT2D eigenvalue weighted by Gasteiger charge is 2.22. The van der Waals surface area contributed by atoms with Gasteiger partial charge in [-0.15, -0.1) is 5.10 Å². The van der Waals surface area contributed by atoms with Crippen molar-refractivity contribution in [3.05, 3.63) is 29.8 Å². The molecular formula is C16H21N5O2S. The zero-order valence-corrected chi connectivity index (χ0v) is 15.2. The Morgan fingerprint density at radius 1 is 1.21 bits per heavy atom. The summed E-state index contributed by atoms with van der Waals surface area (Å²) in [6.45, 7) is 7.36. The molecule has 0 bridgehead atoms. The molecule has 0 aliphatic heterocycles. The molecule has 1 aromatic carbocycles. The third-order valence-corrected chi connectivity index (χ3v) is 4.47. The molecule has 0 fully saturated rings. The molecule has 0 aliphatic carbocycles. The standard InChI is InChI=1S/C16H21N5O2S/c1-10(24-15-18-19-20-21(15)5)13(22)11-6-8-12(9-7-11)17-14(23)16(2,3)4/h6-10H,1-5H3,(H,17,23)/t10-/m1/s1. The lowest BCUT2D eigenvalue weighted by atomic mass is 9.95. The predicted molar refractivity (Wildman–Crippen MR) is 93.0 cm³/mol. The number of aromatic nitrogens is 4. The van der Waals surface area contributed by atoms with E-state index in [1.807, 2.05) is 27.7 Å². The van der Waals surface area contributed by atoms with Crippen LogP contribution in [0, 0.1) is 5.41 Å². The van der Waals surface area contributed by atoms with Crippen LogP contribution >= 0.6 is 11.8 Å². The summed E-state index contributed by atoms with van der Waals surface area (Å²) in [5.74, 6) is -0.0861. The summed E-state index contributed by atoms with van der Waals surface area (Å²) in [4.78, 5) is 24.5. The van der Waals surface area contributed by atoms with Gasteiger partial charge in [0.15, 0.2) is 5.78 Å². The molecule has 2 aromatic rings. The van der Waals surface area contributed by atoms with Crippen LogP contribution in [0.25, 0.3) is 0 Å². The van der Waals surface area contributed by atoms with Gasteiger partial charge >= 0.3 is 0 Å². The van der Waals surface area contributed by atoms with Crippen LogP contribution in [0.3, 0.4) is 0 Å². The Morgan fingerprint density at radius 2 is 1.83 bits per heavy atom. The molecule has 1 atom stereocenters. The van der Waals surface area contributed by atoms with Crippen molar-refractivity contribution in [2.24, 2.45) is 12.5 Å². The highest BCUT2D eigenvalue weighted by atomic mass is 32.2. The molecule has 0 aliphatic rings. The van der Waals surface area contributed by atoms with E-state index in [1.165, 1.54) is 16.4 Å². The van der Waals surface area contributed by atoms with Crippen LogP contribution in [0.4, 0.5) is 5.69 Å². The van der Waals surface area contributed by atoms with Crippen molar-refractivity contribution in [1.82, 2.24) is 20.2 Å². The number of Topliss-reactive ketones (excluding diaryl/α,β-unsaturated/α-hetero) is 1. The minimum atomic E-state index is -0.468. The normalized spacial score (nSPS) is 12.7. The Morgan fingerprint density at radius 3 is 2.33 bits per heavy atom. The zero-order valence-electron chi connectivity index (χ0n) is 14.4. The summed E-state index contributed by atoms with van der Waals surface area (Å²) in [7, 11) is 1.73. The number of nitrogens with one attached hydrogen (secondary N) is 1. The second kappa shape index (κ2) is 7.12. The van der Waals surface area contributed by atoms with Gasteiger partial charge in [-0.3, -0.25) is 9.59 Å². The van der Waals surface area contributed by atoms with Gasteiger partial charge in [-0.2, -0.15) is 0 Å². The molecule has 8 heteroatoms. The van der Waals surface area contributed by atoms with Gasteiger partial charge in [-0.05, 0) is 41.6 Å². The summed E-state index contributed by atoms with van der Waals surface area (Å²) in [5.41, 5.74) is 0.784. The van der Waals surface area contributed by atoms with Crippen molar-refractivity contribution in [2.45, 2.75) is 38.1 Å². The van der Waals surface area contributed by atoms with Crippen molar-refractivity contribution in [2.75, 3.05) is 5.32 Å². The van der Waals surface area contributed by atoms with Gasteiger partial charge in [0.25, 0.3) is 0 Å². The average molecular weight is 347 g/mol. The SMILES string of the molecule is C[C@@H](Sc1nnnn1C)C(=O)c1ccc(NC(=O)C(C)(C)C)cc1. The summed E-state index contributed by atoms with van der Waals surface area (Å²) in [6, 6.07) is 6.90. The highest BCUT2D eigenvalue weighted by Crippen LogP contribution is 2.24. The lowest BCUT2D eigenvalue weighted by molar-refractivity contribution is -0.123. The fourth-order valence-electron chi connectivity index (χ4n) is 1.80. The van der Waals surface area contributed by atoms with Gasteiger partial charge < -0.3 is 5.32 Å². The second-order valence-corrected chi connectivity index (χ2v) is 7.80. The molecule has 128 valence electrons. The molecule has 1 heterocycles. The predicted octanol–water partition coefficient (Wildman–Crippen LogP) is 2.56. The van der Waals surface area contributed by atoms with Crippen molar-refractivity contribution >= 4 is 29.1 Å². The van der Waals surface area contributed by atoms with Gasteiger partial charge in [-0.25, -0.2) is 4.68 Å². The molecule has 1 aromatic heterocycles. The Labute approximate surface area is 145 Å². The first kappa shape index (κ1) is 18.1. The van der Waals surface area contributed by atoms with E-state index in [1.54, 1.807) is 31.3 Å². The molecule has 7 nitrogen and oxygen atoms in total. The summed E-state index contributed by atoms with van der Waals surface area (Å²) >= 11 is 1.31. The summed E-state index contributed by atoms with van der Waals surface area (Å²) in [6.07, 6.45) is 0. The maximum atomic E-state index is 12.5. The van der Waals surface area contributed by atoms with Gasteiger partial charge in [0.2, 0.25) is 11.1 Å². The van der Waals surface area contributed by atoms with E-state index in [9.17, 15) is 9.59 Å². The molecule has 1 N–H and O–H groups in total. The number of anilines is 1. The number of thioether (sulfide) groups is 1. The molecule has 0 radical (unpaired) electrons. The largest absolute Gasteiger partial charge is 0.326 e. The first-order valence-corrected chi connectivity index (χ1v) is 8.41. The van der Waals surface area contributed by atoms with E-state index >= 15 is 0 Å². The van der Waals surface area contributed by atoms with Crippen LogP contribution in [0.5, 0.6) is 0 Å². The number of tetrazole rings is 1. The van der Waals surface area contributed by atoms with E-state index in [-0.39, 0.29) is 16.9 Å². The van der Waals surface area contributed by atoms with Gasteiger partial charge in [-0.1, -0.05) is 32.5 Å². The van der Waals surface area contributed by atoms with Crippen LogP contribution in [-0.2, 0) is 11.8 Å². The lowest BCUT2D eigenvalue weighted by Crippen LogP contribution is -2.27. The summed E-state index contributed by atoms with van der Waals surface area (Å²) < 4.78 is 1.53. The van der Waals surface area contributed by atoms with Crippen LogP contribution in [0.2, 0.25) is 0 Å². The van der Waals surface area contributed by atoms with Gasteiger partial charge in [0, 0.05) is 23.7 Å². The van der Waals surface area contributed by atoms with Crippen molar-refractivity contribution in [3.8, 4) is 0 Å². The fourth-order valence-corrected chi connectivity index (χ4v) is 2.64.